The van der Waals surface area contributed by atoms with E-state index < -0.39 is 0 Å². The average molecular weight is 264 g/mol. The van der Waals surface area contributed by atoms with E-state index in [-0.39, 0.29) is 0 Å². The molecule has 2 aromatic rings. The lowest BCUT2D eigenvalue weighted by atomic mass is 10.0. The van der Waals surface area contributed by atoms with Crippen LogP contribution in [0.5, 0.6) is 0 Å². The fraction of sp³-hybridized carbons (Fsp3) is 0.615. The maximum atomic E-state index is 5.90. The van der Waals surface area contributed by atoms with Crippen LogP contribution >= 0.6 is 11.3 Å². The molecule has 3 rings (SSSR count). The Balaban J connectivity index is 1.88. The second kappa shape index (κ2) is 4.90. The molecule has 4 nitrogen and oxygen atoms in total. The maximum Gasteiger partial charge on any atom is 0.195 e. The Bertz CT molecular complexity index is 530. The minimum Gasteiger partial charge on any atom is -0.355 e. The van der Waals surface area contributed by atoms with Gasteiger partial charge in [0.05, 0.1) is 5.69 Å². The number of fused-ring (bicyclic) bond motifs is 1. The van der Waals surface area contributed by atoms with Gasteiger partial charge in [0.1, 0.15) is 0 Å². The van der Waals surface area contributed by atoms with Gasteiger partial charge in [-0.3, -0.25) is 4.40 Å². The summed E-state index contributed by atoms with van der Waals surface area (Å²) in [6.07, 6.45) is 5.97. The molecule has 1 atom stereocenters. The zero-order valence-electron chi connectivity index (χ0n) is 10.8. The van der Waals surface area contributed by atoms with Gasteiger partial charge in [0.15, 0.2) is 10.8 Å². The van der Waals surface area contributed by atoms with E-state index in [1.807, 2.05) is 0 Å². The summed E-state index contributed by atoms with van der Waals surface area (Å²) in [4.78, 5) is 8.23. The van der Waals surface area contributed by atoms with E-state index in [1.165, 1.54) is 19.3 Å². The lowest BCUT2D eigenvalue weighted by Gasteiger charge is -2.17. The third kappa shape index (κ3) is 1.91. The first kappa shape index (κ1) is 12.0. The molecule has 98 valence electrons. The first-order valence-electron chi connectivity index (χ1n) is 6.73. The fourth-order valence-electron chi connectivity index (χ4n) is 2.93. The van der Waals surface area contributed by atoms with Crippen molar-refractivity contribution in [3.8, 4) is 0 Å². The number of anilines is 1. The van der Waals surface area contributed by atoms with Crippen molar-refractivity contribution in [2.45, 2.75) is 32.7 Å². The summed E-state index contributed by atoms with van der Waals surface area (Å²) in [6, 6.07) is 0. The van der Waals surface area contributed by atoms with E-state index in [9.17, 15) is 0 Å². The Morgan fingerprint density at radius 2 is 2.44 bits per heavy atom. The van der Waals surface area contributed by atoms with Crippen LogP contribution < -0.4 is 10.6 Å². The van der Waals surface area contributed by atoms with E-state index in [0.717, 1.165) is 35.5 Å². The van der Waals surface area contributed by atoms with Crippen LogP contribution in [-0.4, -0.2) is 22.5 Å². The monoisotopic (exact) mass is 264 g/mol. The Morgan fingerprint density at radius 3 is 3.22 bits per heavy atom. The van der Waals surface area contributed by atoms with Gasteiger partial charge in [-0.05, 0) is 18.8 Å². The molecule has 0 aromatic carbocycles. The molecule has 0 amide bonds. The van der Waals surface area contributed by atoms with E-state index in [2.05, 4.69) is 27.8 Å². The summed E-state index contributed by atoms with van der Waals surface area (Å²) in [5.41, 5.74) is 7.05. The van der Waals surface area contributed by atoms with Gasteiger partial charge in [-0.25, -0.2) is 4.98 Å². The van der Waals surface area contributed by atoms with Gasteiger partial charge in [-0.2, -0.15) is 0 Å². The van der Waals surface area contributed by atoms with Gasteiger partial charge in [-0.1, -0.05) is 13.3 Å². The van der Waals surface area contributed by atoms with E-state index in [0.29, 0.717) is 6.54 Å². The maximum absolute atomic E-state index is 5.90. The highest BCUT2D eigenvalue weighted by Crippen LogP contribution is 2.30. The molecule has 1 saturated heterocycles. The summed E-state index contributed by atoms with van der Waals surface area (Å²) in [5, 5.41) is 2.06. The molecule has 0 bridgehead atoms. The van der Waals surface area contributed by atoms with Gasteiger partial charge in [-0.15, -0.1) is 11.3 Å². The fourth-order valence-corrected chi connectivity index (χ4v) is 3.66. The normalized spacial score (nSPS) is 20.1. The lowest BCUT2D eigenvalue weighted by Crippen LogP contribution is -2.22. The number of aromatic nitrogens is 2. The van der Waals surface area contributed by atoms with Crippen LogP contribution in [0.4, 0.5) is 5.82 Å². The second-order valence-corrected chi connectivity index (χ2v) is 5.90. The number of thiazole rings is 1. The highest BCUT2D eigenvalue weighted by molar-refractivity contribution is 7.15. The third-order valence-corrected chi connectivity index (χ3v) is 4.57. The molecule has 3 heterocycles. The third-order valence-electron chi connectivity index (χ3n) is 3.82. The van der Waals surface area contributed by atoms with E-state index in [4.69, 9.17) is 10.7 Å². The van der Waals surface area contributed by atoms with Crippen molar-refractivity contribution < 1.29 is 0 Å². The average Bonchev–Trinajstić information content (AvgIpc) is 3.01. The van der Waals surface area contributed by atoms with Crippen molar-refractivity contribution in [2.24, 2.45) is 11.7 Å². The van der Waals surface area contributed by atoms with Crippen molar-refractivity contribution in [2.75, 3.05) is 18.0 Å². The molecule has 1 aliphatic heterocycles. The molecular weight excluding hydrogens is 244 g/mol. The van der Waals surface area contributed by atoms with Crippen LogP contribution in [0.3, 0.4) is 0 Å². The lowest BCUT2D eigenvalue weighted by molar-refractivity contribution is 0.529. The highest BCUT2D eigenvalue weighted by Gasteiger charge is 2.26. The SMILES string of the molecule is CCCC1CCN(c2nc3sccn3c2CN)C1. The molecule has 0 spiro atoms. The minimum absolute atomic E-state index is 0.558. The topological polar surface area (TPSA) is 46.6 Å². The van der Waals surface area contributed by atoms with Crippen LogP contribution in [0.25, 0.3) is 4.96 Å². The zero-order chi connectivity index (χ0) is 12.5. The number of nitrogens with zero attached hydrogens (tertiary/aromatic N) is 3. The number of hydrogen-bond donors (Lipinski definition) is 1. The summed E-state index contributed by atoms with van der Waals surface area (Å²) >= 11 is 1.68. The smallest absolute Gasteiger partial charge is 0.195 e. The number of hydrogen-bond acceptors (Lipinski definition) is 4. The first-order chi connectivity index (χ1) is 8.83. The van der Waals surface area contributed by atoms with Gasteiger partial charge in [0.25, 0.3) is 0 Å². The molecule has 1 fully saturated rings. The van der Waals surface area contributed by atoms with Crippen molar-refractivity contribution in [1.82, 2.24) is 9.38 Å². The minimum atomic E-state index is 0.558. The second-order valence-electron chi connectivity index (χ2n) is 5.03. The zero-order valence-corrected chi connectivity index (χ0v) is 11.6. The standard InChI is InChI=1S/C13H20N4S/c1-2-3-10-4-5-16(9-10)12-11(8-14)17-6-7-18-13(17)15-12/h6-7,10H,2-5,8-9,14H2,1H3. The molecule has 0 radical (unpaired) electrons. The summed E-state index contributed by atoms with van der Waals surface area (Å²) in [7, 11) is 0. The van der Waals surface area contributed by atoms with Crippen LogP contribution in [0.2, 0.25) is 0 Å². The van der Waals surface area contributed by atoms with E-state index in [1.54, 1.807) is 11.3 Å². The molecule has 2 aromatic heterocycles. The molecule has 1 aliphatic rings. The van der Waals surface area contributed by atoms with Crippen molar-refractivity contribution in [3.05, 3.63) is 17.3 Å². The Hall–Kier alpha value is -1.07. The Labute approximate surface area is 111 Å². The van der Waals surface area contributed by atoms with Crippen molar-refractivity contribution >= 4 is 22.1 Å². The van der Waals surface area contributed by atoms with Gasteiger partial charge in [0, 0.05) is 31.2 Å². The molecule has 0 aliphatic carbocycles. The molecule has 18 heavy (non-hydrogen) atoms. The molecule has 5 heteroatoms. The van der Waals surface area contributed by atoms with Crippen LogP contribution in [0.1, 0.15) is 31.9 Å². The summed E-state index contributed by atoms with van der Waals surface area (Å²) in [6.45, 7) is 5.09. The largest absolute Gasteiger partial charge is 0.355 e. The number of nitrogens with two attached hydrogens (primary N) is 1. The molecule has 1 unspecified atom stereocenters. The van der Waals surface area contributed by atoms with Gasteiger partial charge < -0.3 is 10.6 Å². The quantitative estimate of drug-likeness (QED) is 0.923. The summed E-state index contributed by atoms with van der Waals surface area (Å²) < 4.78 is 2.13. The van der Waals surface area contributed by atoms with Crippen LogP contribution in [0, 0.1) is 5.92 Å². The van der Waals surface area contributed by atoms with Crippen LogP contribution in [0.15, 0.2) is 11.6 Å². The van der Waals surface area contributed by atoms with Crippen molar-refractivity contribution in [3.63, 3.8) is 0 Å². The Morgan fingerprint density at radius 1 is 1.56 bits per heavy atom. The van der Waals surface area contributed by atoms with Crippen molar-refractivity contribution in [1.29, 1.82) is 0 Å². The first-order valence-corrected chi connectivity index (χ1v) is 7.61. The Kier molecular flexibility index (Phi) is 3.26. The number of imidazole rings is 1. The van der Waals surface area contributed by atoms with Gasteiger partial charge >= 0.3 is 0 Å². The molecule has 0 saturated carbocycles. The molecule has 2 N–H and O–H groups in total. The predicted molar refractivity (Wildman–Crippen MR) is 76.2 cm³/mol. The molecular formula is C13H20N4S. The summed E-state index contributed by atoms with van der Waals surface area (Å²) in [5.74, 6) is 1.95. The van der Waals surface area contributed by atoms with E-state index >= 15 is 0 Å². The predicted octanol–water partition coefficient (Wildman–Crippen LogP) is 2.48. The van der Waals surface area contributed by atoms with Gasteiger partial charge in [0.2, 0.25) is 0 Å². The number of rotatable bonds is 4. The van der Waals surface area contributed by atoms with Crippen LogP contribution in [-0.2, 0) is 6.54 Å². The highest BCUT2D eigenvalue weighted by atomic mass is 32.1.